The second-order valence-corrected chi connectivity index (χ2v) is 4.92. The van der Waals surface area contributed by atoms with Crippen LogP contribution in [0.15, 0.2) is 60.9 Å². The van der Waals surface area contributed by atoms with Gasteiger partial charge in [-0.25, -0.2) is 4.68 Å². The fraction of sp³-hybridized carbons (Fsp3) is 0. The van der Waals surface area contributed by atoms with E-state index in [1.165, 1.54) is 12.3 Å². The molecule has 2 N–H and O–H groups in total. The molecule has 3 aromatic rings. The first-order valence-electron chi connectivity index (χ1n) is 6.93. The summed E-state index contributed by atoms with van der Waals surface area (Å²) in [6.07, 6.45) is 3.12. The van der Waals surface area contributed by atoms with Crippen LogP contribution in [0, 0.1) is 10.1 Å². The lowest BCUT2D eigenvalue weighted by molar-refractivity contribution is -0.385. The van der Waals surface area contributed by atoms with Gasteiger partial charge in [0.25, 0.3) is 5.91 Å². The van der Waals surface area contributed by atoms with Crippen molar-refractivity contribution in [2.75, 3.05) is 5.32 Å². The molecule has 120 valence electrons. The van der Waals surface area contributed by atoms with Gasteiger partial charge in [-0.3, -0.25) is 14.9 Å². The number of benzene rings is 2. The molecule has 8 heteroatoms. The predicted octanol–water partition coefficient (Wildman–Crippen LogP) is 2.74. The fourth-order valence-corrected chi connectivity index (χ4v) is 2.13. The Morgan fingerprint density at radius 1 is 1.21 bits per heavy atom. The van der Waals surface area contributed by atoms with Gasteiger partial charge in [-0.15, -0.1) is 0 Å². The summed E-state index contributed by atoms with van der Waals surface area (Å²) in [5.41, 5.74) is 0.946. The summed E-state index contributed by atoms with van der Waals surface area (Å²) >= 11 is 0. The van der Waals surface area contributed by atoms with E-state index in [1.807, 2.05) is 30.3 Å². The van der Waals surface area contributed by atoms with E-state index < -0.39 is 22.3 Å². The normalized spacial score (nSPS) is 10.3. The van der Waals surface area contributed by atoms with E-state index in [0.717, 1.165) is 17.8 Å². The number of nitro groups is 1. The van der Waals surface area contributed by atoms with E-state index in [2.05, 4.69) is 10.4 Å². The van der Waals surface area contributed by atoms with Crippen molar-refractivity contribution < 1.29 is 14.8 Å². The Hall–Kier alpha value is -3.68. The maximum absolute atomic E-state index is 12.2. The molecular formula is C16H12N4O4. The Kier molecular flexibility index (Phi) is 3.94. The van der Waals surface area contributed by atoms with Crippen LogP contribution in [-0.4, -0.2) is 25.7 Å². The van der Waals surface area contributed by atoms with Crippen LogP contribution in [0.5, 0.6) is 5.75 Å². The number of phenolic OH excluding ortho intramolecular Hbond substituents is 1. The smallest absolute Gasteiger partial charge is 0.310 e. The molecule has 1 amide bonds. The zero-order valence-electron chi connectivity index (χ0n) is 12.3. The van der Waals surface area contributed by atoms with Gasteiger partial charge in [-0.1, -0.05) is 18.2 Å². The van der Waals surface area contributed by atoms with Crippen LogP contribution in [0.4, 0.5) is 11.4 Å². The van der Waals surface area contributed by atoms with Crippen molar-refractivity contribution in [1.82, 2.24) is 9.78 Å². The van der Waals surface area contributed by atoms with Crippen LogP contribution < -0.4 is 5.32 Å². The second-order valence-electron chi connectivity index (χ2n) is 4.92. The van der Waals surface area contributed by atoms with E-state index >= 15 is 0 Å². The number of carbonyl (C=O) groups is 1. The molecule has 24 heavy (non-hydrogen) atoms. The topological polar surface area (TPSA) is 110 Å². The van der Waals surface area contributed by atoms with Crippen LogP contribution in [-0.2, 0) is 0 Å². The van der Waals surface area contributed by atoms with Gasteiger partial charge in [0.2, 0.25) is 0 Å². The average molecular weight is 324 g/mol. The molecule has 0 aliphatic heterocycles. The van der Waals surface area contributed by atoms with E-state index in [4.69, 9.17) is 0 Å². The van der Waals surface area contributed by atoms with E-state index in [-0.39, 0.29) is 5.56 Å². The molecule has 0 radical (unpaired) electrons. The van der Waals surface area contributed by atoms with E-state index in [9.17, 15) is 20.0 Å². The summed E-state index contributed by atoms with van der Waals surface area (Å²) in [6, 6.07) is 12.8. The molecule has 2 aromatic carbocycles. The average Bonchev–Trinajstić information content (AvgIpc) is 3.03. The minimum Gasteiger partial charge on any atom is -0.502 e. The number of aromatic nitrogens is 2. The number of nitrogens with zero attached hydrogens (tertiary/aromatic N) is 3. The van der Waals surface area contributed by atoms with Crippen molar-refractivity contribution in [1.29, 1.82) is 0 Å². The molecule has 0 fully saturated rings. The van der Waals surface area contributed by atoms with Crippen LogP contribution in [0.1, 0.15) is 10.4 Å². The highest BCUT2D eigenvalue weighted by molar-refractivity contribution is 6.04. The molecule has 0 saturated carbocycles. The summed E-state index contributed by atoms with van der Waals surface area (Å²) < 4.78 is 1.60. The molecule has 0 atom stereocenters. The maximum Gasteiger partial charge on any atom is 0.310 e. The molecular weight excluding hydrogens is 312 g/mol. The molecule has 0 aliphatic rings. The highest BCUT2D eigenvalue weighted by atomic mass is 16.6. The number of anilines is 1. The summed E-state index contributed by atoms with van der Waals surface area (Å²) in [4.78, 5) is 22.1. The number of hydrogen-bond donors (Lipinski definition) is 2. The molecule has 0 aliphatic carbocycles. The summed E-state index contributed by atoms with van der Waals surface area (Å²) in [7, 11) is 0. The van der Waals surface area contributed by atoms with Crippen molar-refractivity contribution >= 4 is 17.3 Å². The number of rotatable bonds is 4. The van der Waals surface area contributed by atoms with Gasteiger partial charge in [0.05, 0.1) is 28.7 Å². The zero-order chi connectivity index (χ0) is 17.1. The van der Waals surface area contributed by atoms with Gasteiger partial charge in [-0.05, 0) is 24.3 Å². The SMILES string of the molecule is O=C(Nc1cnn(-c2ccccc2)c1)c1ccc([N+](=O)[O-])c(O)c1. The highest BCUT2D eigenvalue weighted by Gasteiger charge is 2.16. The van der Waals surface area contributed by atoms with Gasteiger partial charge >= 0.3 is 5.69 Å². The molecule has 1 aromatic heterocycles. The minimum atomic E-state index is -0.721. The van der Waals surface area contributed by atoms with Gasteiger partial charge in [0.1, 0.15) is 0 Å². The fourth-order valence-electron chi connectivity index (χ4n) is 2.13. The lowest BCUT2D eigenvalue weighted by atomic mass is 10.2. The zero-order valence-corrected chi connectivity index (χ0v) is 12.3. The number of phenols is 1. The summed E-state index contributed by atoms with van der Waals surface area (Å²) in [5.74, 6) is -1.07. The molecule has 1 heterocycles. The molecule has 3 rings (SSSR count). The highest BCUT2D eigenvalue weighted by Crippen LogP contribution is 2.26. The number of para-hydroxylation sites is 1. The number of amides is 1. The Morgan fingerprint density at radius 2 is 1.96 bits per heavy atom. The minimum absolute atomic E-state index is 0.102. The first kappa shape index (κ1) is 15.2. The lowest BCUT2D eigenvalue weighted by Gasteiger charge is -2.03. The molecule has 0 spiro atoms. The van der Waals surface area contributed by atoms with Crippen LogP contribution in [0.25, 0.3) is 5.69 Å². The Bertz CT molecular complexity index is 905. The molecule has 0 bridgehead atoms. The van der Waals surface area contributed by atoms with Crippen molar-refractivity contribution in [3.05, 3.63) is 76.6 Å². The third-order valence-electron chi connectivity index (χ3n) is 3.30. The third-order valence-corrected chi connectivity index (χ3v) is 3.30. The van der Waals surface area contributed by atoms with E-state index in [1.54, 1.807) is 10.9 Å². The number of aromatic hydroxyl groups is 1. The van der Waals surface area contributed by atoms with Crippen LogP contribution in [0.2, 0.25) is 0 Å². The Labute approximate surface area is 136 Å². The standard InChI is InChI=1S/C16H12N4O4/c21-15-8-11(6-7-14(15)20(23)24)16(22)18-12-9-17-19(10-12)13-4-2-1-3-5-13/h1-10,21H,(H,18,22). The van der Waals surface area contributed by atoms with Crippen LogP contribution in [0.3, 0.4) is 0 Å². The monoisotopic (exact) mass is 324 g/mol. The Morgan fingerprint density at radius 3 is 2.62 bits per heavy atom. The van der Waals surface area contributed by atoms with E-state index in [0.29, 0.717) is 5.69 Å². The van der Waals surface area contributed by atoms with Crippen LogP contribution >= 0.6 is 0 Å². The van der Waals surface area contributed by atoms with Gasteiger partial charge in [0, 0.05) is 11.6 Å². The van der Waals surface area contributed by atoms with Crippen molar-refractivity contribution in [3.8, 4) is 11.4 Å². The van der Waals surface area contributed by atoms with Gasteiger partial charge in [0.15, 0.2) is 5.75 Å². The van der Waals surface area contributed by atoms with Crippen molar-refractivity contribution in [2.45, 2.75) is 0 Å². The lowest BCUT2D eigenvalue weighted by Crippen LogP contribution is -2.11. The quantitative estimate of drug-likeness (QED) is 0.566. The van der Waals surface area contributed by atoms with Crippen molar-refractivity contribution in [2.24, 2.45) is 0 Å². The second kappa shape index (κ2) is 6.21. The van der Waals surface area contributed by atoms with Gasteiger partial charge < -0.3 is 10.4 Å². The third kappa shape index (κ3) is 3.07. The first-order valence-corrected chi connectivity index (χ1v) is 6.93. The largest absolute Gasteiger partial charge is 0.502 e. The molecule has 8 nitrogen and oxygen atoms in total. The summed E-state index contributed by atoms with van der Waals surface area (Å²) in [5, 5.41) is 27.0. The number of nitrogens with one attached hydrogen (secondary N) is 1. The molecule has 0 unspecified atom stereocenters. The maximum atomic E-state index is 12.2. The number of hydrogen-bond acceptors (Lipinski definition) is 5. The van der Waals surface area contributed by atoms with Crippen molar-refractivity contribution in [3.63, 3.8) is 0 Å². The first-order chi connectivity index (χ1) is 11.5. The molecule has 0 saturated heterocycles. The summed E-state index contributed by atoms with van der Waals surface area (Å²) in [6.45, 7) is 0. The Balaban J connectivity index is 1.77. The predicted molar refractivity (Wildman–Crippen MR) is 86.3 cm³/mol. The van der Waals surface area contributed by atoms with Gasteiger partial charge in [-0.2, -0.15) is 5.10 Å². The number of nitro benzene ring substituents is 1. The number of carbonyl (C=O) groups excluding carboxylic acids is 1.